The maximum atomic E-state index is 9.24. The minimum Gasteiger partial charge on any atom is -0.508 e. The van der Waals surface area contributed by atoms with E-state index in [4.69, 9.17) is 4.74 Å². The van der Waals surface area contributed by atoms with Crippen molar-refractivity contribution >= 4 is 11.4 Å². The molecule has 0 saturated carbocycles. The Balaban J connectivity index is 1.68. The molecule has 0 aliphatic heterocycles. The monoisotopic (exact) mass is 277 g/mol. The van der Waals surface area contributed by atoms with Crippen LogP contribution in [0.15, 0.2) is 78.9 Å². The van der Waals surface area contributed by atoms with Gasteiger partial charge in [0.2, 0.25) is 0 Å². The van der Waals surface area contributed by atoms with E-state index in [-0.39, 0.29) is 5.75 Å². The lowest BCUT2D eigenvalue weighted by Crippen LogP contribution is -1.90. The summed E-state index contributed by atoms with van der Waals surface area (Å²) in [4.78, 5) is 0. The Labute approximate surface area is 123 Å². The van der Waals surface area contributed by atoms with Crippen LogP contribution in [0.4, 0.5) is 11.4 Å². The number of ether oxygens (including phenoxy) is 1. The first-order valence-corrected chi connectivity index (χ1v) is 6.69. The van der Waals surface area contributed by atoms with Crippen molar-refractivity contribution in [2.45, 2.75) is 0 Å². The van der Waals surface area contributed by atoms with Gasteiger partial charge in [0.1, 0.15) is 17.2 Å². The van der Waals surface area contributed by atoms with Crippen molar-refractivity contribution in [1.29, 1.82) is 0 Å². The minimum absolute atomic E-state index is 0.227. The molecule has 0 aliphatic carbocycles. The van der Waals surface area contributed by atoms with Crippen LogP contribution in [-0.2, 0) is 0 Å². The molecule has 0 saturated heterocycles. The lowest BCUT2D eigenvalue weighted by molar-refractivity contribution is 0.464. The van der Waals surface area contributed by atoms with E-state index >= 15 is 0 Å². The van der Waals surface area contributed by atoms with Crippen molar-refractivity contribution in [3.05, 3.63) is 78.9 Å². The highest BCUT2D eigenvalue weighted by Gasteiger charge is 1.99. The third-order valence-electron chi connectivity index (χ3n) is 2.99. The highest BCUT2D eigenvalue weighted by molar-refractivity contribution is 5.60. The number of phenols is 1. The van der Waals surface area contributed by atoms with Gasteiger partial charge >= 0.3 is 0 Å². The molecule has 104 valence electrons. The fraction of sp³-hybridized carbons (Fsp3) is 0. The van der Waals surface area contributed by atoms with Gasteiger partial charge in [-0.05, 0) is 60.7 Å². The lowest BCUT2D eigenvalue weighted by atomic mass is 10.2. The van der Waals surface area contributed by atoms with Crippen LogP contribution in [0, 0.1) is 0 Å². The third kappa shape index (κ3) is 3.54. The van der Waals surface area contributed by atoms with Gasteiger partial charge in [0, 0.05) is 11.4 Å². The van der Waals surface area contributed by atoms with Gasteiger partial charge in [0.05, 0.1) is 0 Å². The normalized spacial score (nSPS) is 10.1. The predicted molar refractivity (Wildman–Crippen MR) is 84.3 cm³/mol. The fourth-order valence-electron chi connectivity index (χ4n) is 1.94. The van der Waals surface area contributed by atoms with Crippen LogP contribution in [0.5, 0.6) is 17.2 Å². The van der Waals surface area contributed by atoms with Crippen LogP contribution in [0.3, 0.4) is 0 Å². The van der Waals surface area contributed by atoms with Gasteiger partial charge < -0.3 is 15.2 Å². The Kier molecular flexibility index (Phi) is 3.74. The van der Waals surface area contributed by atoms with Crippen molar-refractivity contribution in [1.82, 2.24) is 0 Å². The topological polar surface area (TPSA) is 41.5 Å². The highest BCUT2D eigenvalue weighted by atomic mass is 16.5. The SMILES string of the molecule is Oc1ccc(Oc2ccc(Nc3ccccc3)cc2)cc1. The summed E-state index contributed by atoms with van der Waals surface area (Å²) >= 11 is 0. The summed E-state index contributed by atoms with van der Waals surface area (Å²) in [6.45, 7) is 0. The van der Waals surface area contributed by atoms with E-state index in [0.717, 1.165) is 17.1 Å². The molecule has 0 atom stereocenters. The van der Waals surface area contributed by atoms with Crippen molar-refractivity contribution < 1.29 is 9.84 Å². The Hall–Kier alpha value is -2.94. The van der Waals surface area contributed by atoms with E-state index in [2.05, 4.69) is 5.32 Å². The molecule has 0 heterocycles. The molecule has 3 aromatic carbocycles. The second-order valence-corrected chi connectivity index (χ2v) is 4.61. The van der Waals surface area contributed by atoms with Crippen LogP contribution in [-0.4, -0.2) is 5.11 Å². The summed E-state index contributed by atoms with van der Waals surface area (Å²) in [5.74, 6) is 1.67. The molecule has 0 spiro atoms. The van der Waals surface area contributed by atoms with Gasteiger partial charge in [-0.2, -0.15) is 0 Å². The molecule has 0 unspecified atom stereocenters. The van der Waals surface area contributed by atoms with E-state index < -0.39 is 0 Å². The standard InChI is InChI=1S/C18H15NO2/c20-16-8-12-18(13-9-16)21-17-10-6-15(7-11-17)19-14-4-2-1-3-5-14/h1-13,19-20H. The molecule has 2 N–H and O–H groups in total. The maximum absolute atomic E-state index is 9.24. The Morgan fingerprint density at radius 2 is 1.14 bits per heavy atom. The molecule has 3 aromatic rings. The van der Waals surface area contributed by atoms with E-state index in [1.165, 1.54) is 0 Å². The summed E-state index contributed by atoms with van der Waals surface area (Å²) in [7, 11) is 0. The molecule has 21 heavy (non-hydrogen) atoms. The van der Waals surface area contributed by atoms with Crippen LogP contribution < -0.4 is 10.1 Å². The smallest absolute Gasteiger partial charge is 0.127 e. The van der Waals surface area contributed by atoms with Gasteiger partial charge in [0.25, 0.3) is 0 Å². The lowest BCUT2D eigenvalue weighted by Gasteiger charge is -2.09. The second kappa shape index (κ2) is 6.01. The first-order chi connectivity index (χ1) is 10.3. The van der Waals surface area contributed by atoms with Gasteiger partial charge in [-0.3, -0.25) is 0 Å². The molecule has 3 nitrogen and oxygen atoms in total. The molecule has 0 fully saturated rings. The molecule has 0 aromatic heterocycles. The average molecular weight is 277 g/mol. The van der Waals surface area contributed by atoms with Crippen molar-refractivity contribution in [3.8, 4) is 17.2 Å². The summed E-state index contributed by atoms with van der Waals surface area (Å²) in [5, 5.41) is 12.5. The summed E-state index contributed by atoms with van der Waals surface area (Å²) in [6, 6.07) is 24.4. The van der Waals surface area contributed by atoms with Crippen molar-refractivity contribution in [3.63, 3.8) is 0 Å². The van der Waals surface area contributed by atoms with Crippen molar-refractivity contribution in [2.24, 2.45) is 0 Å². The van der Waals surface area contributed by atoms with Gasteiger partial charge in [-0.15, -0.1) is 0 Å². The van der Waals surface area contributed by atoms with Gasteiger partial charge in [0.15, 0.2) is 0 Å². The molecule has 0 bridgehead atoms. The zero-order valence-corrected chi connectivity index (χ0v) is 11.4. The van der Waals surface area contributed by atoms with E-state index in [0.29, 0.717) is 5.75 Å². The summed E-state index contributed by atoms with van der Waals surface area (Å²) in [5.41, 5.74) is 2.05. The number of benzene rings is 3. The number of aromatic hydroxyl groups is 1. The van der Waals surface area contributed by atoms with E-state index in [1.807, 2.05) is 54.6 Å². The molecule has 0 aliphatic rings. The maximum Gasteiger partial charge on any atom is 0.127 e. The zero-order chi connectivity index (χ0) is 14.5. The third-order valence-corrected chi connectivity index (χ3v) is 2.99. The molecule has 3 heteroatoms. The Morgan fingerprint density at radius 3 is 1.76 bits per heavy atom. The largest absolute Gasteiger partial charge is 0.508 e. The zero-order valence-electron chi connectivity index (χ0n) is 11.4. The molecular weight excluding hydrogens is 262 g/mol. The number of hydrogen-bond donors (Lipinski definition) is 2. The number of hydrogen-bond acceptors (Lipinski definition) is 3. The van der Waals surface area contributed by atoms with Gasteiger partial charge in [-0.1, -0.05) is 18.2 Å². The van der Waals surface area contributed by atoms with Crippen LogP contribution in [0.1, 0.15) is 0 Å². The van der Waals surface area contributed by atoms with E-state index in [1.54, 1.807) is 24.3 Å². The fourth-order valence-corrected chi connectivity index (χ4v) is 1.94. The quantitative estimate of drug-likeness (QED) is 0.710. The number of para-hydroxylation sites is 1. The number of anilines is 2. The first kappa shape index (κ1) is 13.1. The Morgan fingerprint density at radius 1 is 0.619 bits per heavy atom. The Bertz CT molecular complexity index is 692. The minimum atomic E-state index is 0.227. The number of nitrogens with one attached hydrogen (secondary N) is 1. The summed E-state index contributed by atoms with van der Waals surface area (Å²) < 4.78 is 5.70. The van der Waals surface area contributed by atoms with Gasteiger partial charge in [-0.25, -0.2) is 0 Å². The van der Waals surface area contributed by atoms with Crippen LogP contribution in [0.2, 0.25) is 0 Å². The summed E-state index contributed by atoms with van der Waals surface area (Å²) in [6.07, 6.45) is 0. The highest BCUT2D eigenvalue weighted by Crippen LogP contribution is 2.25. The molecule has 3 rings (SSSR count). The van der Waals surface area contributed by atoms with Crippen LogP contribution in [0.25, 0.3) is 0 Å². The number of phenolic OH excluding ortho intramolecular Hbond substituents is 1. The number of rotatable bonds is 4. The first-order valence-electron chi connectivity index (χ1n) is 6.69. The predicted octanol–water partition coefficient (Wildman–Crippen LogP) is 4.93. The average Bonchev–Trinajstić information content (AvgIpc) is 2.53. The van der Waals surface area contributed by atoms with Crippen molar-refractivity contribution in [2.75, 3.05) is 5.32 Å². The second-order valence-electron chi connectivity index (χ2n) is 4.61. The molecule has 0 radical (unpaired) electrons. The van der Waals surface area contributed by atoms with Crippen LogP contribution >= 0.6 is 0 Å². The molecule has 0 amide bonds. The van der Waals surface area contributed by atoms with E-state index in [9.17, 15) is 5.11 Å². The molecular formula is C18H15NO2.